The number of hydrogen-bond donors (Lipinski definition) is 1. The number of morpholine rings is 1. The van der Waals surface area contributed by atoms with Crippen molar-refractivity contribution in [2.75, 3.05) is 26.2 Å². The van der Waals surface area contributed by atoms with Gasteiger partial charge in [0.05, 0.1) is 22.3 Å². The highest BCUT2D eigenvalue weighted by Gasteiger charge is 2.21. The van der Waals surface area contributed by atoms with Gasteiger partial charge in [-0.2, -0.15) is 0 Å². The van der Waals surface area contributed by atoms with Gasteiger partial charge < -0.3 is 10.1 Å². The van der Waals surface area contributed by atoms with Crippen LogP contribution in [0.5, 0.6) is 0 Å². The number of nitrogens with one attached hydrogen (secondary N) is 1. The van der Waals surface area contributed by atoms with Gasteiger partial charge in [0.15, 0.2) is 0 Å². The van der Waals surface area contributed by atoms with E-state index < -0.39 is 0 Å². The topological polar surface area (TPSA) is 41.6 Å². The molecule has 1 fully saturated rings. The van der Waals surface area contributed by atoms with E-state index in [1.807, 2.05) is 12.1 Å². The molecule has 0 bridgehead atoms. The molecule has 2 unspecified atom stereocenters. The van der Waals surface area contributed by atoms with Gasteiger partial charge in [-0.3, -0.25) is 9.69 Å². The molecule has 2 rings (SSSR count). The summed E-state index contributed by atoms with van der Waals surface area (Å²) in [5, 5.41) is 4.03. The van der Waals surface area contributed by atoms with E-state index in [4.69, 9.17) is 27.9 Å². The molecule has 1 heterocycles. The van der Waals surface area contributed by atoms with Crippen molar-refractivity contribution < 1.29 is 9.53 Å². The summed E-state index contributed by atoms with van der Waals surface area (Å²) in [7, 11) is 0. The number of aryl methyl sites for hydroxylation is 1. The molecule has 1 aromatic carbocycles. The number of benzene rings is 1. The van der Waals surface area contributed by atoms with Gasteiger partial charge in [-0.25, -0.2) is 0 Å². The van der Waals surface area contributed by atoms with E-state index in [2.05, 4.69) is 24.1 Å². The number of hydrogen-bond acceptors (Lipinski definition) is 3. The predicted octanol–water partition coefficient (Wildman–Crippen LogP) is 3.15. The van der Waals surface area contributed by atoms with Crippen LogP contribution in [0.15, 0.2) is 18.2 Å². The molecule has 0 aromatic heterocycles. The lowest BCUT2D eigenvalue weighted by atomic mass is 10.1. The second kappa shape index (κ2) is 8.88. The zero-order chi connectivity index (χ0) is 16.8. The van der Waals surface area contributed by atoms with Crippen LogP contribution in [0, 0.1) is 0 Å². The van der Waals surface area contributed by atoms with Crippen LogP contribution in [0.1, 0.15) is 25.8 Å². The molecule has 1 saturated heterocycles. The van der Waals surface area contributed by atoms with Crippen molar-refractivity contribution in [1.82, 2.24) is 10.2 Å². The van der Waals surface area contributed by atoms with Gasteiger partial charge in [-0.05, 0) is 31.9 Å². The van der Waals surface area contributed by atoms with Crippen molar-refractivity contribution in [2.45, 2.75) is 38.9 Å². The monoisotopic (exact) mass is 358 g/mol. The quantitative estimate of drug-likeness (QED) is 0.849. The zero-order valence-corrected chi connectivity index (χ0v) is 15.2. The summed E-state index contributed by atoms with van der Waals surface area (Å²) in [4.78, 5) is 14.3. The maximum Gasteiger partial charge on any atom is 0.220 e. The lowest BCUT2D eigenvalue weighted by Gasteiger charge is -2.35. The lowest BCUT2D eigenvalue weighted by Crippen LogP contribution is -2.47. The van der Waals surface area contributed by atoms with Crippen LogP contribution >= 0.6 is 23.2 Å². The molecule has 1 aliphatic rings. The van der Waals surface area contributed by atoms with Crippen molar-refractivity contribution in [1.29, 1.82) is 0 Å². The SMILES string of the molecule is CC1CN(CCNC(=O)CCc2cccc(Cl)c2Cl)CC(C)O1. The average molecular weight is 359 g/mol. The van der Waals surface area contributed by atoms with Crippen molar-refractivity contribution >= 4 is 29.1 Å². The average Bonchev–Trinajstić information content (AvgIpc) is 2.48. The predicted molar refractivity (Wildman–Crippen MR) is 94.2 cm³/mol. The van der Waals surface area contributed by atoms with Gasteiger partial charge in [0.1, 0.15) is 0 Å². The Balaban J connectivity index is 1.68. The molecule has 1 amide bonds. The zero-order valence-electron chi connectivity index (χ0n) is 13.6. The van der Waals surface area contributed by atoms with Gasteiger partial charge in [-0.15, -0.1) is 0 Å². The van der Waals surface area contributed by atoms with E-state index in [1.165, 1.54) is 0 Å². The summed E-state index contributed by atoms with van der Waals surface area (Å²) < 4.78 is 5.70. The fraction of sp³-hybridized carbons (Fsp3) is 0.588. The van der Waals surface area contributed by atoms with E-state index in [-0.39, 0.29) is 18.1 Å². The molecule has 0 radical (unpaired) electrons. The highest BCUT2D eigenvalue weighted by Crippen LogP contribution is 2.26. The molecule has 1 aromatic rings. The van der Waals surface area contributed by atoms with Gasteiger partial charge in [0.25, 0.3) is 0 Å². The Hall–Kier alpha value is -0.810. The largest absolute Gasteiger partial charge is 0.373 e. The van der Waals surface area contributed by atoms with Crippen LogP contribution in [0.25, 0.3) is 0 Å². The molecule has 0 aliphatic carbocycles. The number of rotatable bonds is 6. The lowest BCUT2D eigenvalue weighted by molar-refractivity contribution is -0.121. The van der Waals surface area contributed by atoms with E-state index in [0.29, 0.717) is 29.4 Å². The number of carbonyl (C=O) groups is 1. The van der Waals surface area contributed by atoms with Crippen molar-refractivity contribution in [3.05, 3.63) is 33.8 Å². The van der Waals surface area contributed by atoms with E-state index in [1.54, 1.807) is 6.07 Å². The van der Waals surface area contributed by atoms with E-state index in [9.17, 15) is 4.79 Å². The minimum atomic E-state index is 0.0374. The Morgan fingerprint density at radius 1 is 1.30 bits per heavy atom. The molecular weight excluding hydrogens is 335 g/mol. The van der Waals surface area contributed by atoms with Crippen molar-refractivity contribution in [3.8, 4) is 0 Å². The molecular formula is C17H24Cl2N2O2. The highest BCUT2D eigenvalue weighted by atomic mass is 35.5. The second-order valence-corrected chi connectivity index (χ2v) is 6.86. The minimum Gasteiger partial charge on any atom is -0.373 e. The van der Waals surface area contributed by atoms with E-state index in [0.717, 1.165) is 25.2 Å². The number of carbonyl (C=O) groups excluding carboxylic acids is 1. The molecule has 23 heavy (non-hydrogen) atoms. The number of halogens is 2. The van der Waals surface area contributed by atoms with E-state index >= 15 is 0 Å². The van der Waals surface area contributed by atoms with Crippen LogP contribution in [0.2, 0.25) is 10.0 Å². The molecule has 128 valence electrons. The number of amides is 1. The van der Waals surface area contributed by atoms with Crippen LogP contribution in [-0.2, 0) is 16.0 Å². The molecule has 1 N–H and O–H groups in total. The van der Waals surface area contributed by atoms with Crippen LogP contribution in [-0.4, -0.2) is 49.2 Å². The first-order valence-corrected chi connectivity index (χ1v) is 8.78. The summed E-state index contributed by atoms with van der Waals surface area (Å²) in [6, 6.07) is 5.50. The van der Waals surface area contributed by atoms with Crippen molar-refractivity contribution in [3.63, 3.8) is 0 Å². The maximum atomic E-state index is 12.0. The Labute approximate surface area is 148 Å². The first kappa shape index (κ1) is 18.5. The molecule has 0 saturated carbocycles. The van der Waals surface area contributed by atoms with Crippen molar-refractivity contribution in [2.24, 2.45) is 0 Å². The number of ether oxygens (including phenoxy) is 1. The first-order chi connectivity index (χ1) is 11.0. The van der Waals surface area contributed by atoms with Gasteiger partial charge in [0.2, 0.25) is 5.91 Å². The molecule has 1 aliphatic heterocycles. The maximum absolute atomic E-state index is 12.0. The van der Waals surface area contributed by atoms with Gasteiger partial charge in [-0.1, -0.05) is 35.3 Å². The second-order valence-electron chi connectivity index (χ2n) is 6.08. The highest BCUT2D eigenvalue weighted by molar-refractivity contribution is 6.42. The summed E-state index contributed by atoms with van der Waals surface area (Å²) in [5.74, 6) is 0.0374. The summed E-state index contributed by atoms with van der Waals surface area (Å²) in [6.45, 7) is 7.49. The fourth-order valence-electron chi connectivity index (χ4n) is 2.90. The summed E-state index contributed by atoms with van der Waals surface area (Å²) >= 11 is 12.1. The Kier molecular flexibility index (Phi) is 7.15. The molecule has 0 spiro atoms. The third-order valence-corrected chi connectivity index (χ3v) is 4.76. The minimum absolute atomic E-state index is 0.0374. The third-order valence-electron chi connectivity index (χ3n) is 3.90. The number of nitrogens with zero attached hydrogens (tertiary/aromatic N) is 1. The first-order valence-electron chi connectivity index (χ1n) is 8.03. The summed E-state index contributed by atoms with van der Waals surface area (Å²) in [5.41, 5.74) is 0.908. The smallest absolute Gasteiger partial charge is 0.220 e. The molecule has 4 nitrogen and oxygen atoms in total. The third kappa shape index (κ3) is 5.96. The molecule has 6 heteroatoms. The normalized spacial score (nSPS) is 22.1. The molecule has 2 atom stereocenters. The Bertz CT molecular complexity index is 529. The van der Waals surface area contributed by atoms with Gasteiger partial charge in [0, 0.05) is 32.6 Å². The van der Waals surface area contributed by atoms with Crippen LogP contribution < -0.4 is 5.32 Å². The fourth-order valence-corrected chi connectivity index (χ4v) is 3.31. The van der Waals surface area contributed by atoms with Crippen LogP contribution in [0.3, 0.4) is 0 Å². The van der Waals surface area contributed by atoms with Gasteiger partial charge >= 0.3 is 0 Å². The Morgan fingerprint density at radius 3 is 2.70 bits per heavy atom. The Morgan fingerprint density at radius 2 is 2.00 bits per heavy atom. The van der Waals surface area contributed by atoms with Crippen LogP contribution in [0.4, 0.5) is 0 Å². The summed E-state index contributed by atoms with van der Waals surface area (Å²) in [6.07, 6.45) is 1.51. The standard InChI is InChI=1S/C17H24Cl2N2O2/c1-12-10-21(11-13(2)23-12)9-8-20-16(22)7-6-14-4-3-5-15(18)17(14)19/h3-5,12-13H,6-11H2,1-2H3,(H,20,22).